The van der Waals surface area contributed by atoms with E-state index in [0.29, 0.717) is 13.0 Å². The molecule has 0 bridgehead atoms. The van der Waals surface area contributed by atoms with Crippen LogP contribution in [0.1, 0.15) is 29.5 Å². The van der Waals surface area contributed by atoms with Gasteiger partial charge in [0.25, 0.3) is 15.1 Å². The van der Waals surface area contributed by atoms with Crippen molar-refractivity contribution in [3.05, 3.63) is 57.9 Å². The second-order valence-corrected chi connectivity index (χ2v) is 10.8. The summed E-state index contributed by atoms with van der Waals surface area (Å²) < 4.78 is 41.6. The number of hydrogen-bond acceptors (Lipinski definition) is 5. The fraction of sp³-hybridized carbons (Fsp3) is 0.261. The summed E-state index contributed by atoms with van der Waals surface area (Å²) >= 11 is 3.29. The fourth-order valence-electron chi connectivity index (χ4n) is 3.63. The Morgan fingerprint density at radius 2 is 1.94 bits per heavy atom. The highest BCUT2D eigenvalue weighted by molar-refractivity contribution is 7.85. The second-order valence-electron chi connectivity index (χ2n) is 7.25. The summed E-state index contributed by atoms with van der Waals surface area (Å²) in [6.07, 6.45) is 5.49. The van der Waals surface area contributed by atoms with E-state index < -0.39 is 10.1 Å². The lowest BCUT2D eigenvalue weighted by Gasteiger charge is -2.02. The third-order valence-corrected chi connectivity index (χ3v) is 8.02. The molecular formula is C23H24NO4S3+. The summed E-state index contributed by atoms with van der Waals surface area (Å²) in [4.78, 5) is 0. The fourth-order valence-corrected chi connectivity index (χ4v) is 6.28. The second kappa shape index (κ2) is 9.08. The average molecular weight is 475 g/mol. The van der Waals surface area contributed by atoms with Gasteiger partial charge in [0.2, 0.25) is 5.52 Å². The molecule has 0 aliphatic rings. The zero-order chi connectivity index (χ0) is 22.0. The van der Waals surface area contributed by atoms with Crippen molar-refractivity contribution in [3.8, 4) is 5.75 Å². The molecule has 0 saturated carbocycles. The lowest BCUT2D eigenvalue weighted by molar-refractivity contribution is -0.667. The van der Waals surface area contributed by atoms with Gasteiger partial charge in [-0.25, -0.2) is 0 Å². The van der Waals surface area contributed by atoms with Crippen LogP contribution >= 0.6 is 22.7 Å². The topological polar surface area (TPSA) is 67.5 Å². The normalized spacial score (nSPS) is 12.4. The van der Waals surface area contributed by atoms with Gasteiger partial charge >= 0.3 is 0 Å². The first-order valence-electron chi connectivity index (χ1n) is 10.0. The summed E-state index contributed by atoms with van der Waals surface area (Å²) in [5.74, 6) is 0.573. The molecule has 0 saturated heterocycles. The maximum absolute atomic E-state index is 11.2. The van der Waals surface area contributed by atoms with E-state index in [4.69, 9.17) is 9.29 Å². The minimum Gasteiger partial charge on any atom is -0.496 e. The Labute approximate surface area is 190 Å². The maximum Gasteiger partial charge on any atom is 0.265 e. The van der Waals surface area contributed by atoms with E-state index in [-0.39, 0.29) is 5.75 Å². The van der Waals surface area contributed by atoms with Crippen molar-refractivity contribution in [1.82, 2.24) is 0 Å². The highest BCUT2D eigenvalue weighted by atomic mass is 32.2. The minimum atomic E-state index is -3.99. The van der Waals surface area contributed by atoms with E-state index in [0.717, 1.165) is 43.0 Å². The molecule has 162 valence electrons. The van der Waals surface area contributed by atoms with Crippen LogP contribution in [0.25, 0.3) is 32.5 Å². The van der Waals surface area contributed by atoms with Crippen molar-refractivity contribution < 1.29 is 22.3 Å². The van der Waals surface area contributed by atoms with Crippen LogP contribution in [0.4, 0.5) is 0 Å². The van der Waals surface area contributed by atoms with Crippen LogP contribution in [0.15, 0.2) is 41.8 Å². The molecule has 0 radical (unpaired) electrons. The Balaban J connectivity index is 1.80. The molecule has 2 aromatic carbocycles. The van der Waals surface area contributed by atoms with Gasteiger partial charge in [-0.2, -0.15) is 13.0 Å². The molecule has 0 atom stereocenters. The quantitative estimate of drug-likeness (QED) is 0.273. The molecule has 0 spiro atoms. The first kappa shape index (κ1) is 22.0. The number of thiophene rings is 1. The number of rotatable bonds is 8. The van der Waals surface area contributed by atoms with Crippen LogP contribution in [-0.2, 0) is 23.1 Å². The highest BCUT2D eigenvalue weighted by Gasteiger charge is 2.24. The first-order valence-corrected chi connectivity index (χ1v) is 13.3. The maximum atomic E-state index is 11.2. The van der Waals surface area contributed by atoms with Crippen molar-refractivity contribution in [2.45, 2.75) is 26.3 Å². The Hall–Kier alpha value is -2.26. The first-order chi connectivity index (χ1) is 14.9. The molecular weight excluding hydrogens is 450 g/mol. The molecule has 31 heavy (non-hydrogen) atoms. The third kappa shape index (κ3) is 4.82. The molecule has 4 aromatic rings. The van der Waals surface area contributed by atoms with Gasteiger partial charge in [-0.05, 0) is 35.1 Å². The summed E-state index contributed by atoms with van der Waals surface area (Å²) in [5.41, 5.74) is 3.48. The number of hydrogen-bond donors (Lipinski definition) is 1. The van der Waals surface area contributed by atoms with Gasteiger partial charge in [0.05, 0.1) is 12.9 Å². The largest absolute Gasteiger partial charge is 0.496 e. The van der Waals surface area contributed by atoms with Gasteiger partial charge in [0.15, 0.2) is 6.54 Å². The smallest absolute Gasteiger partial charge is 0.265 e. The predicted molar refractivity (Wildman–Crippen MR) is 130 cm³/mol. The molecule has 0 amide bonds. The van der Waals surface area contributed by atoms with Crippen LogP contribution in [0.3, 0.4) is 0 Å². The standard InChI is InChI=1S/C23H23NO4S3/c1-3-16-5-7-17(8-6-16)9-10-21-24(12-4-14-31(25,26)27)22-20(30-21)15-19(28-2)18-11-13-29-23(18)22/h5-11,13,15H,3-4,12,14H2,1-2H3/p+1. The van der Waals surface area contributed by atoms with Crippen molar-refractivity contribution >= 4 is 65.2 Å². The Morgan fingerprint density at radius 3 is 2.61 bits per heavy atom. The van der Waals surface area contributed by atoms with Crippen molar-refractivity contribution in [1.29, 1.82) is 0 Å². The van der Waals surface area contributed by atoms with Gasteiger partial charge in [-0.15, -0.1) is 11.3 Å². The van der Waals surface area contributed by atoms with E-state index in [1.165, 1.54) is 5.56 Å². The number of ether oxygens (including phenoxy) is 1. The molecule has 5 nitrogen and oxygen atoms in total. The average Bonchev–Trinajstić information content (AvgIpc) is 3.36. The number of aryl methyl sites for hydroxylation is 2. The summed E-state index contributed by atoms with van der Waals surface area (Å²) in [6, 6.07) is 12.6. The third-order valence-electron chi connectivity index (χ3n) is 5.20. The van der Waals surface area contributed by atoms with Crippen LogP contribution in [0.2, 0.25) is 0 Å². The SMILES string of the molecule is CCc1ccc(C=Cc2sc3cc(OC)c4ccsc4c3[n+]2CCCS(=O)(=O)O)cc1. The Morgan fingerprint density at radius 1 is 1.16 bits per heavy atom. The molecule has 8 heteroatoms. The lowest BCUT2D eigenvalue weighted by atomic mass is 10.1. The summed E-state index contributed by atoms with van der Waals surface area (Å²) in [6.45, 7) is 2.63. The lowest BCUT2D eigenvalue weighted by Crippen LogP contribution is -2.36. The zero-order valence-electron chi connectivity index (χ0n) is 17.4. The van der Waals surface area contributed by atoms with Gasteiger partial charge in [0, 0.05) is 23.9 Å². The van der Waals surface area contributed by atoms with E-state index in [2.05, 4.69) is 47.9 Å². The van der Waals surface area contributed by atoms with Crippen molar-refractivity contribution in [3.63, 3.8) is 0 Å². The van der Waals surface area contributed by atoms with Crippen LogP contribution in [0, 0.1) is 0 Å². The van der Waals surface area contributed by atoms with Gasteiger partial charge in [-0.3, -0.25) is 4.55 Å². The Bertz CT molecular complexity index is 1350. The van der Waals surface area contributed by atoms with Gasteiger partial charge < -0.3 is 4.74 Å². The number of aromatic nitrogens is 1. The number of thiazole rings is 1. The van der Waals surface area contributed by atoms with Crippen molar-refractivity contribution in [2.24, 2.45) is 0 Å². The monoisotopic (exact) mass is 474 g/mol. The molecule has 1 N–H and O–H groups in total. The van der Waals surface area contributed by atoms with Crippen molar-refractivity contribution in [2.75, 3.05) is 12.9 Å². The van der Waals surface area contributed by atoms with Crippen LogP contribution < -0.4 is 9.30 Å². The van der Waals surface area contributed by atoms with Crippen LogP contribution in [0.5, 0.6) is 5.75 Å². The van der Waals surface area contributed by atoms with E-state index in [9.17, 15) is 8.42 Å². The van der Waals surface area contributed by atoms with E-state index in [1.807, 2.05) is 17.5 Å². The Kier molecular flexibility index (Phi) is 6.43. The molecule has 0 unspecified atom stereocenters. The number of fused-ring (bicyclic) bond motifs is 3. The molecule has 2 aromatic heterocycles. The van der Waals surface area contributed by atoms with E-state index in [1.54, 1.807) is 29.8 Å². The zero-order valence-corrected chi connectivity index (χ0v) is 19.8. The molecule has 0 aliphatic heterocycles. The van der Waals surface area contributed by atoms with Gasteiger partial charge in [0.1, 0.15) is 15.1 Å². The highest BCUT2D eigenvalue weighted by Crippen LogP contribution is 2.38. The van der Waals surface area contributed by atoms with Crippen LogP contribution in [-0.4, -0.2) is 25.8 Å². The summed E-state index contributed by atoms with van der Waals surface area (Å²) in [5, 5.41) is 4.11. The number of nitrogens with zero attached hydrogens (tertiary/aromatic N) is 1. The number of methoxy groups -OCH3 is 1. The van der Waals surface area contributed by atoms with E-state index >= 15 is 0 Å². The van der Waals surface area contributed by atoms with Gasteiger partial charge in [-0.1, -0.05) is 42.5 Å². The summed E-state index contributed by atoms with van der Waals surface area (Å²) in [7, 11) is -2.32. The molecule has 2 heterocycles. The number of benzene rings is 2. The predicted octanol–water partition coefficient (Wildman–Crippen LogP) is 5.42. The molecule has 0 aliphatic carbocycles. The minimum absolute atomic E-state index is 0.261. The molecule has 4 rings (SSSR count). The molecule has 0 fully saturated rings.